The van der Waals surface area contributed by atoms with Gasteiger partial charge < -0.3 is 5.11 Å². The van der Waals surface area contributed by atoms with E-state index in [1.54, 1.807) is 4.68 Å². The first-order valence-corrected chi connectivity index (χ1v) is 6.82. The fourth-order valence-electron chi connectivity index (χ4n) is 2.22. The molecule has 1 aromatic carbocycles. The van der Waals surface area contributed by atoms with Gasteiger partial charge in [-0.3, -0.25) is 0 Å². The summed E-state index contributed by atoms with van der Waals surface area (Å²) in [5.41, 5.74) is 2.68. The van der Waals surface area contributed by atoms with Crippen LogP contribution < -0.4 is 0 Å². The molecule has 1 aromatic heterocycles. The van der Waals surface area contributed by atoms with Crippen LogP contribution in [0.25, 0.3) is 11.3 Å². The molecule has 2 aromatic rings. The topological polar surface area (TPSA) is 38.0 Å². The van der Waals surface area contributed by atoms with Crippen LogP contribution in [0.1, 0.15) is 39.7 Å². The van der Waals surface area contributed by atoms with Gasteiger partial charge in [0.05, 0.1) is 11.2 Å². The summed E-state index contributed by atoms with van der Waals surface area (Å²) in [5, 5.41) is 15.1. The number of rotatable bonds is 3. The zero-order valence-corrected chi connectivity index (χ0v) is 12.1. The van der Waals surface area contributed by atoms with Crippen LogP contribution in [0.3, 0.4) is 0 Å². The lowest BCUT2D eigenvalue weighted by molar-refractivity contribution is 0.293. The smallest absolute Gasteiger partial charge is 0.213 e. The third-order valence-corrected chi connectivity index (χ3v) is 3.14. The van der Waals surface area contributed by atoms with E-state index in [2.05, 4.69) is 12.0 Å². The minimum absolute atomic E-state index is 0.223. The minimum atomic E-state index is -0.223. The van der Waals surface area contributed by atoms with Crippen LogP contribution >= 0.6 is 0 Å². The van der Waals surface area contributed by atoms with Crippen molar-refractivity contribution in [3.63, 3.8) is 0 Å². The second kappa shape index (κ2) is 5.08. The Labute approximate surface area is 114 Å². The lowest BCUT2D eigenvalue weighted by Gasteiger charge is -2.20. The number of nitrogens with zero attached hydrogens (tertiary/aromatic N) is 2. The largest absolute Gasteiger partial charge is 0.493 e. The van der Waals surface area contributed by atoms with Crippen molar-refractivity contribution in [2.45, 2.75) is 46.1 Å². The predicted octanol–water partition coefficient (Wildman–Crippen LogP) is 3.96. The van der Waals surface area contributed by atoms with E-state index in [1.165, 1.54) is 0 Å². The van der Waals surface area contributed by atoms with E-state index in [9.17, 15) is 5.11 Å². The first-order chi connectivity index (χ1) is 8.95. The minimum Gasteiger partial charge on any atom is -0.493 e. The predicted molar refractivity (Wildman–Crippen MR) is 78.3 cm³/mol. The fourth-order valence-corrected chi connectivity index (χ4v) is 2.22. The average Bonchev–Trinajstić information content (AvgIpc) is 2.69. The van der Waals surface area contributed by atoms with E-state index in [-0.39, 0.29) is 5.54 Å². The molecule has 19 heavy (non-hydrogen) atoms. The molecule has 0 amide bonds. The highest BCUT2D eigenvalue weighted by atomic mass is 16.3. The molecule has 0 aliphatic heterocycles. The molecule has 0 spiro atoms. The van der Waals surface area contributed by atoms with Crippen LogP contribution in [0.15, 0.2) is 30.3 Å². The summed E-state index contributed by atoms with van der Waals surface area (Å²) in [5.74, 6) is 0.299. The molecule has 0 aliphatic carbocycles. The standard InChI is InChI=1S/C16H22N2O/c1-5-9-13-14(12-10-7-6-8-11-12)17-18(15(13)19)16(2,3)4/h6-8,10-11,19H,5,9H2,1-4H3. The molecule has 0 saturated carbocycles. The van der Waals surface area contributed by atoms with Crippen molar-refractivity contribution in [2.75, 3.05) is 0 Å². The lowest BCUT2D eigenvalue weighted by atomic mass is 10.0. The van der Waals surface area contributed by atoms with Crippen molar-refractivity contribution in [1.82, 2.24) is 9.78 Å². The van der Waals surface area contributed by atoms with Crippen LogP contribution in [-0.4, -0.2) is 14.9 Å². The Morgan fingerprint density at radius 3 is 2.32 bits per heavy atom. The zero-order valence-electron chi connectivity index (χ0n) is 12.1. The molecule has 0 radical (unpaired) electrons. The molecule has 0 atom stereocenters. The Hall–Kier alpha value is -1.77. The van der Waals surface area contributed by atoms with Crippen molar-refractivity contribution in [3.8, 4) is 17.1 Å². The van der Waals surface area contributed by atoms with Crippen molar-refractivity contribution in [2.24, 2.45) is 0 Å². The van der Waals surface area contributed by atoms with Crippen molar-refractivity contribution >= 4 is 0 Å². The second-order valence-electron chi connectivity index (χ2n) is 5.85. The van der Waals surface area contributed by atoms with Crippen molar-refractivity contribution in [1.29, 1.82) is 0 Å². The molecule has 0 bridgehead atoms. The molecule has 0 fully saturated rings. The first-order valence-electron chi connectivity index (χ1n) is 6.82. The molecule has 1 N–H and O–H groups in total. The normalized spacial score (nSPS) is 11.8. The molecule has 3 nitrogen and oxygen atoms in total. The molecule has 1 heterocycles. The van der Waals surface area contributed by atoms with Crippen molar-refractivity contribution in [3.05, 3.63) is 35.9 Å². The maximum Gasteiger partial charge on any atom is 0.213 e. The summed E-state index contributed by atoms with van der Waals surface area (Å²) in [7, 11) is 0. The Kier molecular flexibility index (Phi) is 3.65. The highest BCUT2D eigenvalue weighted by molar-refractivity contribution is 5.65. The summed E-state index contributed by atoms with van der Waals surface area (Å²) >= 11 is 0. The lowest BCUT2D eigenvalue weighted by Crippen LogP contribution is -2.22. The zero-order chi connectivity index (χ0) is 14.0. The van der Waals surface area contributed by atoms with Crippen molar-refractivity contribution < 1.29 is 5.11 Å². The molecular weight excluding hydrogens is 236 g/mol. The number of aromatic nitrogens is 2. The number of hydrogen-bond acceptors (Lipinski definition) is 2. The van der Waals surface area contributed by atoms with Gasteiger partial charge in [-0.25, -0.2) is 4.68 Å². The van der Waals surface area contributed by atoms with Gasteiger partial charge in [-0.05, 0) is 27.2 Å². The van der Waals surface area contributed by atoms with Gasteiger partial charge in [0.25, 0.3) is 0 Å². The fraction of sp³-hybridized carbons (Fsp3) is 0.438. The summed E-state index contributed by atoms with van der Waals surface area (Å²) in [4.78, 5) is 0. The maximum absolute atomic E-state index is 10.4. The third-order valence-electron chi connectivity index (χ3n) is 3.14. The quantitative estimate of drug-likeness (QED) is 0.904. The number of hydrogen-bond donors (Lipinski definition) is 1. The average molecular weight is 258 g/mol. The Morgan fingerprint density at radius 1 is 1.16 bits per heavy atom. The molecule has 0 aliphatic rings. The van der Waals surface area contributed by atoms with E-state index in [4.69, 9.17) is 0 Å². The maximum atomic E-state index is 10.4. The van der Waals surface area contributed by atoms with Gasteiger partial charge >= 0.3 is 0 Å². The van der Waals surface area contributed by atoms with Crippen LogP contribution in [0.4, 0.5) is 0 Å². The van der Waals surface area contributed by atoms with Gasteiger partial charge in [0, 0.05) is 11.1 Å². The van der Waals surface area contributed by atoms with Crippen LogP contribution in [0.5, 0.6) is 5.88 Å². The molecule has 102 valence electrons. The molecule has 3 heteroatoms. The first kappa shape index (κ1) is 13.7. The van der Waals surface area contributed by atoms with E-state index in [1.807, 2.05) is 51.1 Å². The molecule has 0 unspecified atom stereocenters. The van der Waals surface area contributed by atoms with E-state index < -0.39 is 0 Å². The number of benzene rings is 1. The number of aromatic hydroxyl groups is 1. The molecule has 2 rings (SSSR count). The van der Waals surface area contributed by atoms with E-state index in [0.29, 0.717) is 5.88 Å². The van der Waals surface area contributed by atoms with Gasteiger partial charge in [-0.1, -0.05) is 43.7 Å². The Bertz CT molecular complexity index is 550. The van der Waals surface area contributed by atoms with Crippen LogP contribution in [-0.2, 0) is 12.0 Å². The van der Waals surface area contributed by atoms with Gasteiger partial charge in [0.2, 0.25) is 5.88 Å². The Balaban J connectivity index is 2.60. The van der Waals surface area contributed by atoms with E-state index in [0.717, 1.165) is 29.7 Å². The molecule has 0 saturated heterocycles. The summed E-state index contributed by atoms with van der Waals surface area (Å²) in [6, 6.07) is 10.1. The van der Waals surface area contributed by atoms with E-state index >= 15 is 0 Å². The summed E-state index contributed by atoms with van der Waals surface area (Å²) < 4.78 is 1.72. The van der Waals surface area contributed by atoms with Crippen LogP contribution in [0, 0.1) is 0 Å². The highest BCUT2D eigenvalue weighted by Gasteiger charge is 2.24. The highest BCUT2D eigenvalue weighted by Crippen LogP contribution is 2.34. The Morgan fingerprint density at radius 2 is 1.79 bits per heavy atom. The van der Waals surface area contributed by atoms with Gasteiger partial charge in [-0.15, -0.1) is 0 Å². The van der Waals surface area contributed by atoms with Gasteiger partial charge in [-0.2, -0.15) is 5.10 Å². The summed E-state index contributed by atoms with van der Waals surface area (Å²) in [6.45, 7) is 8.25. The summed E-state index contributed by atoms with van der Waals surface area (Å²) in [6.07, 6.45) is 1.83. The second-order valence-corrected chi connectivity index (χ2v) is 5.85. The third kappa shape index (κ3) is 2.65. The SMILES string of the molecule is CCCc1c(-c2ccccc2)nn(C(C)(C)C)c1O. The molecular formula is C16H22N2O. The van der Waals surface area contributed by atoms with Gasteiger partial charge in [0.1, 0.15) is 0 Å². The van der Waals surface area contributed by atoms with Crippen LogP contribution in [0.2, 0.25) is 0 Å². The van der Waals surface area contributed by atoms with Gasteiger partial charge in [0.15, 0.2) is 0 Å². The monoisotopic (exact) mass is 258 g/mol.